The lowest BCUT2D eigenvalue weighted by Gasteiger charge is -2.40. The van der Waals surface area contributed by atoms with Gasteiger partial charge in [0.25, 0.3) is 0 Å². The summed E-state index contributed by atoms with van der Waals surface area (Å²) in [7, 11) is 0. The fourth-order valence-corrected chi connectivity index (χ4v) is 2.18. The molecule has 1 fully saturated rings. The molecule has 0 aromatic rings. The van der Waals surface area contributed by atoms with Gasteiger partial charge >= 0.3 is 0 Å². The quantitative estimate of drug-likeness (QED) is 0.386. The van der Waals surface area contributed by atoms with E-state index in [4.69, 9.17) is 14.6 Å². The maximum absolute atomic E-state index is 11.6. The Morgan fingerprint density at radius 3 is 2.27 bits per heavy atom. The smallest absolute Gasteiger partial charge is 0.186 e. The minimum atomic E-state index is -1.50. The molecule has 8 heteroatoms. The first-order valence-electron chi connectivity index (χ1n) is 7.27. The molecule has 1 aliphatic heterocycles. The summed E-state index contributed by atoms with van der Waals surface area (Å²) in [5.74, 6) is -0.139. The second kappa shape index (κ2) is 7.78. The molecule has 0 spiro atoms. The van der Waals surface area contributed by atoms with Crippen LogP contribution in [0.1, 0.15) is 27.7 Å². The number of carbonyl (C=O) groups is 1. The highest BCUT2D eigenvalue weighted by Gasteiger charge is 2.44. The van der Waals surface area contributed by atoms with Gasteiger partial charge in [-0.25, -0.2) is 0 Å². The number of hydrogen-bond donors (Lipinski definition) is 5. The van der Waals surface area contributed by atoms with Gasteiger partial charge in [0.1, 0.15) is 30.2 Å². The van der Waals surface area contributed by atoms with E-state index in [2.05, 4.69) is 5.32 Å². The first-order chi connectivity index (χ1) is 10.1. The monoisotopic (exact) mass is 321 g/mol. The van der Waals surface area contributed by atoms with Gasteiger partial charge in [-0.1, -0.05) is 0 Å². The lowest BCUT2D eigenvalue weighted by Crippen LogP contribution is -2.60. The van der Waals surface area contributed by atoms with Gasteiger partial charge in [0, 0.05) is 5.54 Å². The van der Waals surface area contributed by atoms with Crippen LogP contribution in [-0.4, -0.2) is 81.7 Å². The molecule has 0 aromatic heterocycles. The van der Waals surface area contributed by atoms with Gasteiger partial charge in [0.05, 0.1) is 19.3 Å². The number of ether oxygens (including phenoxy) is 2. The zero-order valence-corrected chi connectivity index (χ0v) is 13.4. The predicted molar refractivity (Wildman–Crippen MR) is 77.1 cm³/mol. The molecule has 1 rings (SSSR count). The number of nitrogens with one attached hydrogen (secondary N) is 1. The Balaban J connectivity index is 2.66. The molecule has 0 aliphatic carbocycles. The summed E-state index contributed by atoms with van der Waals surface area (Å²) in [4.78, 5) is 11.6. The van der Waals surface area contributed by atoms with Crippen LogP contribution in [-0.2, 0) is 14.3 Å². The molecule has 130 valence electrons. The van der Waals surface area contributed by atoms with Crippen LogP contribution in [0.15, 0.2) is 0 Å². The largest absolute Gasteiger partial charge is 0.394 e. The summed E-state index contributed by atoms with van der Waals surface area (Å²) in [6.07, 6.45) is -6.67. The third-order valence-corrected chi connectivity index (χ3v) is 3.37. The molecule has 0 amide bonds. The van der Waals surface area contributed by atoms with Crippen molar-refractivity contribution in [3.63, 3.8) is 0 Å². The summed E-state index contributed by atoms with van der Waals surface area (Å²) in [6.45, 7) is 6.51. The molecule has 0 aromatic carbocycles. The highest BCUT2D eigenvalue weighted by molar-refractivity contribution is 5.81. The summed E-state index contributed by atoms with van der Waals surface area (Å²) >= 11 is 0. The summed E-state index contributed by atoms with van der Waals surface area (Å²) in [5, 5.41) is 41.4. The Morgan fingerprint density at radius 2 is 1.82 bits per heavy atom. The maximum atomic E-state index is 11.6. The van der Waals surface area contributed by atoms with E-state index >= 15 is 0 Å². The Labute approximate surface area is 130 Å². The van der Waals surface area contributed by atoms with E-state index in [9.17, 15) is 20.1 Å². The molecular weight excluding hydrogens is 294 g/mol. The topological polar surface area (TPSA) is 128 Å². The molecule has 1 aliphatic rings. The van der Waals surface area contributed by atoms with Crippen LogP contribution in [0.4, 0.5) is 0 Å². The number of rotatable bonds is 6. The van der Waals surface area contributed by atoms with Crippen molar-refractivity contribution in [3.05, 3.63) is 0 Å². The van der Waals surface area contributed by atoms with Crippen molar-refractivity contribution in [3.8, 4) is 0 Å². The molecule has 22 heavy (non-hydrogen) atoms. The third-order valence-electron chi connectivity index (χ3n) is 3.37. The van der Waals surface area contributed by atoms with E-state index in [1.54, 1.807) is 0 Å². The standard InChI is InChI=1S/C14H27NO7/c1-7(17)8(15-14(2,3)4)6-21-13-12(20)11(19)10(18)9(5-16)22-13/h8-13,15-16,18-20H,5-6H2,1-4H3. The van der Waals surface area contributed by atoms with Crippen molar-refractivity contribution in [2.75, 3.05) is 13.2 Å². The van der Waals surface area contributed by atoms with Crippen LogP contribution in [0, 0.1) is 0 Å². The predicted octanol–water partition coefficient (Wildman–Crippen LogP) is -1.85. The molecule has 0 radical (unpaired) electrons. The number of carbonyl (C=O) groups excluding carboxylic acids is 1. The minimum absolute atomic E-state index is 0.0741. The number of ketones is 1. The van der Waals surface area contributed by atoms with Gasteiger partial charge in [0.15, 0.2) is 6.29 Å². The fraction of sp³-hybridized carbons (Fsp3) is 0.929. The zero-order chi connectivity index (χ0) is 17.1. The highest BCUT2D eigenvalue weighted by Crippen LogP contribution is 2.22. The first-order valence-corrected chi connectivity index (χ1v) is 7.27. The molecule has 1 saturated heterocycles. The minimum Gasteiger partial charge on any atom is -0.394 e. The molecule has 1 heterocycles. The normalized spacial score (nSPS) is 34.5. The van der Waals surface area contributed by atoms with Gasteiger partial charge in [-0.05, 0) is 27.7 Å². The van der Waals surface area contributed by atoms with E-state index in [0.717, 1.165) is 0 Å². The van der Waals surface area contributed by atoms with Crippen LogP contribution in [0.25, 0.3) is 0 Å². The molecule has 5 N–H and O–H groups in total. The number of aliphatic hydroxyl groups excluding tert-OH is 4. The van der Waals surface area contributed by atoms with Crippen LogP contribution < -0.4 is 5.32 Å². The van der Waals surface area contributed by atoms with E-state index in [1.165, 1.54) is 6.92 Å². The fourth-order valence-electron chi connectivity index (χ4n) is 2.18. The van der Waals surface area contributed by atoms with Gasteiger partial charge < -0.3 is 35.2 Å². The first kappa shape index (κ1) is 19.4. The average molecular weight is 321 g/mol. The van der Waals surface area contributed by atoms with E-state index in [-0.39, 0.29) is 17.9 Å². The lowest BCUT2D eigenvalue weighted by atomic mass is 9.99. The van der Waals surface area contributed by atoms with Gasteiger partial charge in [0.2, 0.25) is 0 Å². The summed E-state index contributed by atoms with van der Waals surface area (Å²) in [6, 6.07) is -0.604. The molecule has 8 nitrogen and oxygen atoms in total. The number of hydrogen-bond acceptors (Lipinski definition) is 8. The van der Waals surface area contributed by atoms with Crippen molar-refractivity contribution in [2.45, 2.75) is 70.0 Å². The molecule has 6 atom stereocenters. The van der Waals surface area contributed by atoms with Crippen molar-refractivity contribution >= 4 is 5.78 Å². The van der Waals surface area contributed by atoms with Crippen LogP contribution >= 0.6 is 0 Å². The number of aliphatic hydroxyl groups is 4. The second-order valence-corrected chi connectivity index (χ2v) is 6.59. The van der Waals surface area contributed by atoms with E-state index in [0.29, 0.717) is 0 Å². The SMILES string of the molecule is CC(=O)C(COC1OC(CO)C(O)C(O)C1O)NC(C)(C)C. The van der Waals surface area contributed by atoms with E-state index < -0.39 is 43.4 Å². The Bertz CT molecular complexity index is 369. The lowest BCUT2D eigenvalue weighted by molar-refractivity contribution is -0.301. The van der Waals surface area contributed by atoms with Gasteiger partial charge in [-0.2, -0.15) is 0 Å². The van der Waals surface area contributed by atoms with Crippen LogP contribution in [0.5, 0.6) is 0 Å². The van der Waals surface area contributed by atoms with Gasteiger partial charge in [-0.3, -0.25) is 4.79 Å². The maximum Gasteiger partial charge on any atom is 0.186 e. The average Bonchev–Trinajstić information content (AvgIpc) is 2.41. The number of Topliss-reactive ketones (excluding diaryl/α,β-unsaturated/α-hetero) is 1. The van der Waals surface area contributed by atoms with E-state index in [1.807, 2.05) is 20.8 Å². The zero-order valence-electron chi connectivity index (χ0n) is 13.4. The van der Waals surface area contributed by atoms with Crippen LogP contribution in [0.2, 0.25) is 0 Å². The Hall–Kier alpha value is -0.610. The van der Waals surface area contributed by atoms with Crippen molar-refractivity contribution in [1.82, 2.24) is 5.32 Å². The molecule has 0 bridgehead atoms. The Morgan fingerprint density at radius 1 is 1.23 bits per heavy atom. The summed E-state index contributed by atoms with van der Waals surface area (Å²) < 4.78 is 10.6. The van der Waals surface area contributed by atoms with Crippen LogP contribution in [0.3, 0.4) is 0 Å². The van der Waals surface area contributed by atoms with Crippen molar-refractivity contribution in [1.29, 1.82) is 0 Å². The molecule has 6 unspecified atom stereocenters. The second-order valence-electron chi connectivity index (χ2n) is 6.59. The third kappa shape index (κ3) is 5.24. The van der Waals surface area contributed by atoms with Crippen molar-refractivity contribution in [2.24, 2.45) is 0 Å². The van der Waals surface area contributed by atoms with Gasteiger partial charge in [-0.15, -0.1) is 0 Å². The molecular formula is C14H27NO7. The molecule has 0 saturated carbocycles. The Kier molecular flexibility index (Phi) is 6.87. The summed E-state index contributed by atoms with van der Waals surface area (Å²) in [5.41, 5.74) is -0.310. The highest BCUT2D eigenvalue weighted by atomic mass is 16.7. The van der Waals surface area contributed by atoms with Crippen molar-refractivity contribution < 1.29 is 34.7 Å².